The number of halogens is 2. The van der Waals surface area contributed by atoms with Crippen LogP contribution in [0.3, 0.4) is 0 Å². The lowest BCUT2D eigenvalue weighted by molar-refractivity contribution is 0.981. The summed E-state index contributed by atoms with van der Waals surface area (Å²) < 4.78 is 0. The van der Waals surface area contributed by atoms with E-state index in [2.05, 4.69) is 15.5 Å². The van der Waals surface area contributed by atoms with Crippen LogP contribution in [-0.2, 0) is 6.54 Å². The van der Waals surface area contributed by atoms with Crippen molar-refractivity contribution in [2.24, 2.45) is 0 Å². The summed E-state index contributed by atoms with van der Waals surface area (Å²) in [5.74, 6) is 0. The van der Waals surface area contributed by atoms with Crippen molar-refractivity contribution in [3.8, 4) is 0 Å². The number of nitrogens with one attached hydrogen (secondary N) is 2. The third-order valence-electron chi connectivity index (χ3n) is 1.90. The summed E-state index contributed by atoms with van der Waals surface area (Å²) in [7, 11) is 0. The maximum atomic E-state index is 5.87. The third kappa shape index (κ3) is 2.88. The van der Waals surface area contributed by atoms with E-state index in [4.69, 9.17) is 23.2 Å². The molecule has 0 radical (unpaired) electrons. The molecule has 0 fully saturated rings. The number of aromatic nitrogens is 2. The lowest BCUT2D eigenvalue weighted by Crippen LogP contribution is -1.99. The standard InChI is InChI=1S/C10H9Cl2N3/c11-7-3-8(12)5-10(4-7)13-6-9-1-2-14-15-9/h1-5,13H,6H2,(H,14,15). The summed E-state index contributed by atoms with van der Waals surface area (Å²) in [6.45, 7) is 0.663. The van der Waals surface area contributed by atoms with Crippen LogP contribution in [0.4, 0.5) is 5.69 Å². The number of aromatic amines is 1. The summed E-state index contributed by atoms with van der Waals surface area (Å²) in [6.07, 6.45) is 1.71. The van der Waals surface area contributed by atoms with Crippen molar-refractivity contribution in [1.29, 1.82) is 0 Å². The fraction of sp³-hybridized carbons (Fsp3) is 0.100. The molecular formula is C10H9Cl2N3. The molecule has 2 rings (SSSR count). The second-order valence-corrected chi connectivity index (χ2v) is 3.97. The van der Waals surface area contributed by atoms with Gasteiger partial charge >= 0.3 is 0 Å². The zero-order chi connectivity index (χ0) is 10.7. The Kier molecular flexibility index (Phi) is 3.14. The van der Waals surface area contributed by atoms with Gasteiger partial charge in [0.2, 0.25) is 0 Å². The topological polar surface area (TPSA) is 40.7 Å². The zero-order valence-corrected chi connectivity index (χ0v) is 9.31. The van der Waals surface area contributed by atoms with Crippen molar-refractivity contribution in [1.82, 2.24) is 10.2 Å². The first-order valence-corrected chi connectivity index (χ1v) is 5.18. The van der Waals surface area contributed by atoms with E-state index >= 15 is 0 Å². The van der Waals surface area contributed by atoms with Crippen LogP contribution in [0.1, 0.15) is 5.69 Å². The van der Waals surface area contributed by atoms with E-state index < -0.39 is 0 Å². The number of hydrogen-bond donors (Lipinski definition) is 2. The molecule has 1 heterocycles. The molecule has 0 saturated carbocycles. The molecule has 0 aliphatic heterocycles. The SMILES string of the molecule is Clc1cc(Cl)cc(NCc2ccn[nH]2)c1. The highest BCUT2D eigenvalue weighted by molar-refractivity contribution is 6.35. The van der Waals surface area contributed by atoms with Gasteiger partial charge in [0, 0.05) is 21.9 Å². The van der Waals surface area contributed by atoms with Crippen LogP contribution in [0.2, 0.25) is 10.0 Å². The Hall–Kier alpha value is -1.19. The van der Waals surface area contributed by atoms with Crippen molar-refractivity contribution in [3.63, 3.8) is 0 Å². The molecule has 3 nitrogen and oxygen atoms in total. The van der Waals surface area contributed by atoms with Crippen molar-refractivity contribution < 1.29 is 0 Å². The molecule has 2 aromatic rings. The highest BCUT2D eigenvalue weighted by Crippen LogP contribution is 2.22. The van der Waals surface area contributed by atoms with Gasteiger partial charge in [0.1, 0.15) is 0 Å². The van der Waals surface area contributed by atoms with Gasteiger partial charge < -0.3 is 5.32 Å². The fourth-order valence-electron chi connectivity index (χ4n) is 1.24. The Balaban J connectivity index is 2.05. The second kappa shape index (κ2) is 4.55. The third-order valence-corrected chi connectivity index (χ3v) is 2.34. The number of rotatable bonds is 3. The molecule has 78 valence electrons. The molecule has 0 unspecified atom stereocenters. The minimum Gasteiger partial charge on any atom is -0.379 e. The van der Waals surface area contributed by atoms with E-state index in [1.807, 2.05) is 18.2 Å². The van der Waals surface area contributed by atoms with E-state index in [1.165, 1.54) is 0 Å². The van der Waals surface area contributed by atoms with Gasteiger partial charge in [0.15, 0.2) is 0 Å². The minimum absolute atomic E-state index is 0.620. The molecule has 2 N–H and O–H groups in total. The Morgan fingerprint density at radius 2 is 1.93 bits per heavy atom. The average Bonchev–Trinajstić information content (AvgIpc) is 2.65. The van der Waals surface area contributed by atoms with Crippen LogP contribution in [-0.4, -0.2) is 10.2 Å². The maximum Gasteiger partial charge on any atom is 0.0567 e. The lowest BCUT2D eigenvalue weighted by Gasteiger charge is -2.05. The average molecular weight is 242 g/mol. The van der Waals surface area contributed by atoms with E-state index in [-0.39, 0.29) is 0 Å². The first kappa shape index (κ1) is 10.3. The van der Waals surface area contributed by atoms with E-state index in [1.54, 1.807) is 12.3 Å². The number of hydrogen-bond acceptors (Lipinski definition) is 2. The van der Waals surface area contributed by atoms with Crippen LogP contribution in [0.15, 0.2) is 30.5 Å². The molecule has 15 heavy (non-hydrogen) atoms. The van der Waals surface area contributed by atoms with Gasteiger partial charge in [-0.1, -0.05) is 23.2 Å². The smallest absolute Gasteiger partial charge is 0.0567 e. The van der Waals surface area contributed by atoms with Gasteiger partial charge in [-0.3, -0.25) is 5.10 Å². The molecule has 0 aliphatic carbocycles. The normalized spacial score (nSPS) is 10.3. The predicted molar refractivity (Wildman–Crippen MR) is 62.4 cm³/mol. The van der Waals surface area contributed by atoms with Crippen LogP contribution < -0.4 is 5.32 Å². The first-order valence-electron chi connectivity index (χ1n) is 4.42. The summed E-state index contributed by atoms with van der Waals surface area (Å²) in [6, 6.07) is 7.25. The predicted octanol–water partition coefficient (Wildman–Crippen LogP) is 3.33. The summed E-state index contributed by atoms with van der Waals surface area (Å²) in [4.78, 5) is 0. The van der Waals surface area contributed by atoms with Crippen molar-refractivity contribution in [2.75, 3.05) is 5.32 Å². The lowest BCUT2D eigenvalue weighted by atomic mass is 10.3. The van der Waals surface area contributed by atoms with Crippen LogP contribution in [0.5, 0.6) is 0 Å². The highest BCUT2D eigenvalue weighted by atomic mass is 35.5. The molecule has 0 amide bonds. The second-order valence-electron chi connectivity index (χ2n) is 3.09. The van der Waals surface area contributed by atoms with Crippen LogP contribution in [0.25, 0.3) is 0 Å². The summed E-state index contributed by atoms with van der Waals surface area (Å²) in [5.41, 5.74) is 1.90. The largest absolute Gasteiger partial charge is 0.379 e. The maximum absolute atomic E-state index is 5.87. The van der Waals surface area contributed by atoms with Crippen molar-refractivity contribution in [2.45, 2.75) is 6.54 Å². The molecule has 0 spiro atoms. The van der Waals surface area contributed by atoms with Gasteiger partial charge in [-0.2, -0.15) is 5.10 Å². The fourth-order valence-corrected chi connectivity index (χ4v) is 1.76. The molecule has 0 atom stereocenters. The van der Waals surface area contributed by atoms with E-state index in [0.29, 0.717) is 16.6 Å². The number of nitrogens with zero attached hydrogens (tertiary/aromatic N) is 1. The molecule has 1 aromatic carbocycles. The van der Waals surface area contributed by atoms with E-state index in [0.717, 1.165) is 11.4 Å². The van der Waals surface area contributed by atoms with Gasteiger partial charge in [0.25, 0.3) is 0 Å². The molecule has 0 aliphatic rings. The molecule has 1 aromatic heterocycles. The van der Waals surface area contributed by atoms with Crippen molar-refractivity contribution >= 4 is 28.9 Å². The van der Waals surface area contributed by atoms with Crippen LogP contribution >= 0.6 is 23.2 Å². The quantitative estimate of drug-likeness (QED) is 0.866. The Morgan fingerprint density at radius 3 is 2.53 bits per heavy atom. The Labute approximate surface area is 97.4 Å². The van der Waals surface area contributed by atoms with Gasteiger partial charge in [-0.15, -0.1) is 0 Å². The summed E-state index contributed by atoms with van der Waals surface area (Å²) >= 11 is 11.7. The number of anilines is 1. The molecule has 5 heteroatoms. The number of benzene rings is 1. The monoisotopic (exact) mass is 241 g/mol. The minimum atomic E-state index is 0.620. The highest BCUT2D eigenvalue weighted by Gasteiger charge is 1.98. The van der Waals surface area contributed by atoms with Crippen LogP contribution in [0, 0.1) is 0 Å². The molecule has 0 bridgehead atoms. The zero-order valence-electron chi connectivity index (χ0n) is 7.80. The summed E-state index contributed by atoms with van der Waals surface area (Å²) in [5, 5.41) is 11.1. The van der Waals surface area contributed by atoms with E-state index in [9.17, 15) is 0 Å². The Morgan fingerprint density at radius 1 is 1.20 bits per heavy atom. The molecule has 0 saturated heterocycles. The van der Waals surface area contributed by atoms with Gasteiger partial charge in [0.05, 0.1) is 12.2 Å². The Bertz CT molecular complexity index is 420. The number of H-pyrrole nitrogens is 1. The molecular weight excluding hydrogens is 233 g/mol. The van der Waals surface area contributed by atoms with Crippen molar-refractivity contribution in [3.05, 3.63) is 46.2 Å². The van der Waals surface area contributed by atoms with Gasteiger partial charge in [-0.05, 0) is 24.3 Å². The first-order chi connectivity index (χ1) is 7.24. The van der Waals surface area contributed by atoms with Gasteiger partial charge in [-0.25, -0.2) is 0 Å².